The van der Waals surface area contributed by atoms with Crippen LogP contribution in [0.25, 0.3) is 0 Å². The summed E-state index contributed by atoms with van der Waals surface area (Å²) >= 11 is 0. The van der Waals surface area contributed by atoms with Crippen LogP contribution >= 0.6 is 0 Å². The summed E-state index contributed by atoms with van der Waals surface area (Å²) in [5.74, 6) is 7.65. The molecule has 0 amide bonds. The predicted octanol–water partition coefficient (Wildman–Crippen LogP) is 9.78. The average Bonchev–Trinajstić information content (AvgIpc) is 3.14. The summed E-state index contributed by atoms with van der Waals surface area (Å²) < 4.78 is 7.53. The van der Waals surface area contributed by atoms with Crippen molar-refractivity contribution in [3.63, 3.8) is 0 Å². The molecule has 5 aliphatic carbocycles. The first-order valence-corrected chi connectivity index (χ1v) is 16.5. The molecule has 1 spiro atoms. The average molecular weight is 497 g/mol. The molecule has 0 aromatic heterocycles. The summed E-state index contributed by atoms with van der Waals surface area (Å²) in [6.45, 7) is 26.4. The van der Waals surface area contributed by atoms with Gasteiger partial charge in [0.1, 0.15) is 0 Å². The molecule has 1 saturated heterocycles. The molecule has 0 radical (unpaired) electrons. The van der Waals surface area contributed by atoms with Crippen molar-refractivity contribution in [2.75, 3.05) is 0 Å². The molecular formula is C35H60O. The molecule has 0 aromatic rings. The van der Waals surface area contributed by atoms with Crippen LogP contribution in [0.4, 0.5) is 0 Å². The van der Waals surface area contributed by atoms with Crippen LogP contribution in [0, 0.1) is 74.9 Å². The molecule has 1 heteroatoms. The Hall–Kier alpha value is -0.0400. The molecule has 6 fully saturated rings. The molecule has 1 aliphatic heterocycles. The molecule has 6 rings (SSSR count). The van der Waals surface area contributed by atoms with Gasteiger partial charge in [-0.3, -0.25) is 0 Å². The van der Waals surface area contributed by atoms with Crippen LogP contribution in [-0.2, 0) is 4.74 Å². The Labute approximate surface area is 224 Å². The number of rotatable bonds is 1. The first kappa shape index (κ1) is 26.2. The topological polar surface area (TPSA) is 9.23 Å². The van der Waals surface area contributed by atoms with Crippen LogP contribution < -0.4 is 0 Å². The van der Waals surface area contributed by atoms with Crippen molar-refractivity contribution in [1.82, 2.24) is 0 Å². The Morgan fingerprint density at radius 1 is 0.778 bits per heavy atom. The predicted molar refractivity (Wildman–Crippen MR) is 152 cm³/mol. The standard InChI is InChI=1S/C35H60O/c1-11-26-14-15-31(7)27(17-26)12-13-28-29(31)16-23(4)34(10)32(28,8)20-30-33(34,9)25(6)35(36-30)18-21(2)24(5)22(3)19-35/h21-30H,11-20H2,1-10H3/t21?,22?,23?,24?,25-,26-,27?,28?,29?,30?,31-,32?,33?,34-,35?/m0/s1. The molecule has 0 bridgehead atoms. The second kappa shape index (κ2) is 8.01. The summed E-state index contributed by atoms with van der Waals surface area (Å²) in [5, 5.41) is 0. The van der Waals surface area contributed by atoms with E-state index in [1.165, 1.54) is 64.2 Å². The van der Waals surface area contributed by atoms with Crippen LogP contribution in [0.3, 0.4) is 0 Å². The minimum atomic E-state index is 0.119. The highest BCUT2D eigenvalue weighted by Gasteiger charge is 2.79. The maximum absolute atomic E-state index is 7.53. The highest BCUT2D eigenvalue weighted by Crippen LogP contribution is 2.81. The van der Waals surface area contributed by atoms with E-state index in [1.807, 2.05) is 0 Å². The van der Waals surface area contributed by atoms with Crippen molar-refractivity contribution in [2.45, 2.75) is 145 Å². The number of ether oxygens (including phenoxy) is 1. The Morgan fingerprint density at radius 2 is 1.44 bits per heavy atom. The van der Waals surface area contributed by atoms with Gasteiger partial charge in [-0.05, 0) is 127 Å². The summed E-state index contributed by atoms with van der Waals surface area (Å²) in [6, 6.07) is 0. The van der Waals surface area contributed by atoms with E-state index in [2.05, 4.69) is 69.2 Å². The summed E-state index contributed by atoms with van der Waals surface area (Å²) in [4.78, 5) is 0. The minimum absolute atomic E-state index is 0.119. The van der Waals surface area contributed by atoms with E-state index in [0.717, 1.165) is 47.3 Å². The van der Waals surface area contributed by atoms with Crippen molar-refractivity contribution >= 4 is 0 Å². The van der Waals surface area contributed by atoms with Gasteiger partial charge >= 0.3 is 0 Å². The molecule has 0 N–H and O–H groups in total. The third-order valence-corrected chi connectivity index (χ3v) is 16.6. The van der Waals surface area contributed by atoms with E-state index in [9.17, 15) is 0 Å². The smallest absolute Gasteiger partial charge is 0.0723 e. The molecule has 6 aliphatic rings. The zero-order valence-corrected chi connectivity index (χ0v) is 25.8. The van der Waals surface area contributed by atoms with Crippen LogP contribution in [0.5, 0.6) is 0 Å². The molecule has 36 heavy (non-hydrogen) atoms. The monoisotopic (exact) mass is 496 g/mol. The molecule has 0 aromatic carbocycles. The maximum Gasteiger partial charge on any atom is 0.0723 e. The molecule has 1 nitrogen and oxygen atoms in total. The third kappa shape index (κ3) is 2.89. The molecule has 13 atom stereocenters. The third-order valence-electron chi connectivity index (χ3n) is 16.6. The van der Waals surface area contributed by atoms with Crippen molar-refractivity contribution in [2.24, 2.45) is 74.9 Å². The van der Waals surface area contributed by atoms with E-state index in [-0.39, 0.29) is 5.60 Å². The van der Waals surface area contributed by atoms with E-state index in [4.69, 9.17) is 4.74 Å². The molecule has 5 saturated carbocycles. The van der Waals surface area contributed by atoms with Crippen LogP contribution in [0.1, 0.15) is 133 Å². The van der Waals surface area contributed by atoms with E-state index >= 15 is 0 Å². The fraction of sp³-hybridized carbons (Fsp3) is 1.00. The summed E-state index contributed by atoms with van der Waals surface area (Å²) in [5.41, 5.74) is 1.79. The van der Waals surface area contributed by atoms with Crippen molar-refractivity contribution < 1.29 is 4.74 Å². The summed E-state index contributed by atoms with van der Waals surface area (Å²) in [7, 11) is 0. The van der Waals surface area contributed by atoms with Crippen molar-refractivity contribution in [1.29, 1.82) is 0 Å². The Morgan fingerprint density at radius 3 is 2.08 bits per heavy atom. The molecule has 9 unspecified atom stereocenters. The van der Waals surface area contributed by atoms with Crippen molar-refractivity contribution in [3.8, 4) is 0 Å². The zero-order chi connectivity index (χ0) is 26.1. The zero-order valence-electron chi connectivity index (χ0n) is 25.8. The lowest BCUT2D eigenvalue weighted by Crippen LogP contribution is -2.63. The second-order valence-electron chi connectivity index (χ2n) is 16.9. The second-order valence-corrected chi connectivity index (χ2v) is 16.9. The fourth-order valence-electron chi connectivity index (χ4n) is 13.4. The van der Waals surface area contributed by atoms with Gasteiger partial charge < -0.3 is 4.74 Å². The number of hydrogen-bond donors (Lipinski definition) is 0. The quantitative estimate of drug-likeness (QED) is 0.351. The van der Waals surface area contributed by atoms with Crippen LogP contribution in [0.2, 0.25) is 0 Å². The number of hydrogen-bond acceptors (Lipinski definition) is 1. The van der Waals surface area contributed by atoms with Gasteiger partial charge in [0.25, 0.3) is 0 Å². The van der Waals surface area contributed by atoms with Gasteiger partial charge in [0.15, 0.2) is 0 Å². The Kier molecular flexibility index (Phi) is 5.83. The van der Waals surface area contributed by atoms with Gasteiger partial charge in [-0.1, -0.05) is 75.7 Å². The van der Waals surface area contributed by atoms with Gasteiger partial charge in [-0.2, -0.15) is 0 Å². The number of fused-ring (bicyclic) bond motifs is 7. The van der Waals surface area contributed by atoms with Gasteiger partial charge in [0.2, 0.25) is 0 Å². The lowest BCUT2D eigenvalue weighted by atomic mass is 9.36. The minimum Gasteiger partial charge on any atom is -0.371 e. The van der Waals surface area contributed by atoms with E-state index in [0.29, 0.717) is 33.7 Å². The lowest BCUT2D eigenvalue weighted by molar-refractivity contribution is -0.207. The van der Waals surface area contributed by atoms with E-state index in [1.54, 1.807) is 0 Å². The van der Waals surface area contributed by atoms with Gasteiger partial charge in [-0.25, -0.2) is 0 Å². The Balaban J connectivity index is 1.36. The van der Waals surface area contributed by atoms with E-state index < -0.39 is 0 Å². The maximum atomic E-state index is 7.53. The molecular weight excluding hydrogens is 436 g/mol. The molecule has 1 heterocycles. The van der Waals surface area contributed by atoms with Crippen molar-refractivity contribution in [3.05, 3.63) is 0 Å². The SMILES string of the molecule is CC[C@H]1CC[C@@]2(C)C(CCC3C2CC(C)[C@@]2(C)C3(C)CC3OC4(CC(C)C(C)C(C)C4)[C@@H](C)C32C)C1. The lowest BCUT2D eigenvalue weighted by Gasteiger charge is -2.68. The largest absolute Gasteiger partial charge is 0.371 e. The van der Waals surface area contributed by atoms with Crippen LogP contribution in [-0.4, -0.2) is 11.7 Å². The highest BCUT2D eigenvalue weighted by molar-refractivity contribution is 5.27. The highest BCUT2D eigenvalue weighted by atomic mass is 16.5. The van der Waals surface area contributed by atoms with Crippen LogP contribution in [0.15, 0.2) is 0 Å². The first-order chi connectivity index (χ1) is 16.8. The Bertz CT molecular complexity index is 866. The summed E-state index contributed by atoms with van der Waals surface area (Å²) in [6.07, 6.45) is 14.8. The first-order valence-electron chi connectivity index (χ1n) is 16.5. The fourth-order valence-corrected chi connectivity index (χ4v) is 13.4. The van der Waals surface area contributed by atoms with Gasteiger partial charge in [0.05, 0.1) is 11.7 Å². The normalized spacial score (nSPS) is 64.5. The molecule has 206 valence electrons. The van der Waals surface area contributed by atoms with Gasteiger partial charge in [-0.15, -0.1) is 0 Å². The van der Waals surface area contributed by atoms with Gasteiger partial charge in [0, 0.05) is 5.41 Å².